The number of halogens is 2. The standard InChI is InChI=1S/C13H17F2NO/c1-9(16)4-5-13(7-17-8-13)11-3-2-10(14)6-12(11)15/h2-3,6,9H,4-5,7-8,16H2,1H3. The van der Waals surface area contributed by atoms with E-state index in [9.17, 15) is 8.78 Å². The number of ether oxygens (including phenoxy) is 1. The lowest BCUT2D eigenvalue weighted by atomic mass is 9.74. The highest BCUT2D eigenvalue weighted by atomic mass is 19.1. The molecule has 0 saturated carbocycles. The molecule has 1 aliphatic heterocycles. The number of benzene rings is 1. The van der Waals surface area contributed by atoms with Crippen LogP contribution in [0.4, 0.5) is 8.78 Å². The first kappa shape index (κ1) is 12.5. The highest BCUT2D eigenvalue weighted by molar-refractivity contribution is 5.30. The molecule has 17 heavy (non-hydrogen) atoms. The Balaban J connectivity index is 2.22. The van der Waals surface area contributed by atoms with Crippen LogP contribution in [0, 0.1) is 11.6 Å². The molecule has 1 unspecified atom stereocenters. The normalized spacial score (nSPS) is 19.8. The molecule has 1 aromatic rings. The summed E-state index contributed by atoms with van der Waals surface area (Å²) in [5, 5.41) is 0. The van der Waals surface area contributed by atoms with Crippen LogP contribution in [0.1, 0.15) is 25.3 Å². The summed E-state index contributed by atoms with van der Waals surface area (Å²) in [6, 6.07) is 3.83. The largest absolute Gasteiger partial charge is 0.379 e. The molecule has 0 aromatic heterocycles. The van der Waals surface area contributed by atoms with Gasteiger partial charge in [0.05, 0.1) is 13.2 Å². The van der Waals surface area contributed by atoms with Crippen LogP contribution in [0.15, 0.2) is 18.2 Å². The van der Waals surface area contributed by atoms with Crippen LogP contribution in [-0.2, 0) is 10.2 Å². The van der Waals surface area contributed by atoms with E-state index in [-0.39, 0.29) is 11.5 Å². The van der Waals surface area contributed by atoms with Crippen LogP contribution < -0.4 is 5.73 Å². The van der Waals surface area contributed by atoms with Crippen molar-refractivity contribution in [2.75, 3.05) is 13.2 Å². The van der Waals surface area contributed by atoms with Gasteiger partial charge in [-0.15, -0.1) is 0 Å². The first-order valence-electron chi connectivity index (χ1n) is 5.82. The molecule has 2 N–H and O–H groups in total. The summed E-state index contributed by atoms with van der Waals surface area (Å²) in [5.41, 5.74) is 5.96. The van der Waals surface area contributed by atoms with Crippen molar-refractivity contribution in [1.29, 1.82) is 0 Å². The zero-order valence-corrected chi connectivity index (χ0v) is 9.88. The first-order valence-corrected chi connectivity index (χ1v) is 5.82. The third-order valence-corrected chi connectivity index (χ3v) is 3.34. The maximum atomic E-state index is 13.8. The quantitative estimate of drug-likeness (QED) is 0.878. The van der Waals surface area contributed by atoms with Crippen molar-refractivity contribution in [3.63, 3.8) is 0 Å². The van der Waals surface area contributed by atoms with E-state index in [0.29, 0.717) is 18.8 Å². The summed E-state index contributed by atoms with van der Waals surface area (Å²) in [5.74, 6) is -1.04. The van der Waals surface area contributed by atoms with Gasteiger partial charge in [0.15, 0.2) is 0 Å². The van der Waals surface area contributed by atoms with Crippen molar-refractivity contribution in [2.45, 2.75) is 31.2 Å². The van der Waals surface area contributed by atoms with Crippen LogP contribution in [0.2, 0.25) is 0 Å². The maximum Gasteiger partial charge on any atom is 0.130 e. The summed E-state index contributed by atoms with van der Waals surface area (Å²) >= 11 is 0. The van der Waals surface area contributed by atoms with E-state index in [0.717, 1.165) is 18.9 Å². The lowest BCUT2D eigenvalue weighted by Gasteiger charge is -2.42. The Kier molecular flexibility index (Phi) is 3.45. The minimum Gasteiger partial charge on any atom is -0.379 e. The average Bonchev–Trinajstić information content (AvgIpc) is 2.18. The highest BCUT2D eigenvalue weighted by Crippen LogP contribution is 2.38. The second-order valence-corrected chi connectivity index (χ2v) is 4.91. The van der Waals surface area contributed by atoms with E-state index in [1.807, 2.05) is 6.92 Å². The lowest BCUT2D eigenvalue weighted by Crippen LogP contribution is -2.48. The Morgan fingerprint density at radius 1 is 1.41 bits per heavy atom. The van der Waals surface area contributed by atoms with E-state index in [1.165, 1.54) is 12.1 Å². The average molecular weight is 241 g/mol. The molecule has 1 aliphatic rings. The van der Waals surface area contributed by atoms with Gasteiger partial charge in [0.1, 0.15) is 11.6 Å². The van der Waals surface area contributed by atoms with Gasteiger partial charge in [-0.25, -0.2) is 8.78 Å². The molecule has 0 aliphatic carbocycles. The maximum absolute atomic E-state index is 13.8. The van der Waals surface area contributed by atoms with E-state index in [2.05, 4.69) is 0 Å². The molecule has 94 valence electrons. The molecule has 4 heteroatoms. The van der Waals surface area contributed by atoms with Crippen molar-refractivity contribution >= 4 is 0 Å². The molecule has 2 rings (SSSR count). The van der Waals surface area contributed by atoms with Gasteiger partial charge < -0.3 is 10.5 Å². The van der Waals surface area contributed by atoms with Crippen LogP contribution in [-0.4, -0.2) is 19.3 Å². The molecule has 2 nitrogen and oxygen atoms in total. The van der Waals surface area contributed by atoms with Gasteiger partial charge in [-0.05, 0) is 31.4 Å². The van der Waals surface area contributed by atoms with Crippen LogP contribution in [0.5, 0.6) is 0 Å². The number of nitrogens with two attached hydrogens (primary N) is 1. The third kappa shape index (κ3) is 2.48. The van der Waals surface area contributed by atoms with E-state index < -0.39 is 11.6 Å². The lowest BCUT2D eigenvalue weighted by molar-refractivity contribution is -0.0673. The van der Waals surface area contributed by atoms with Gasteiger partial charge in [0.25, 0.3) is 0 Å². The summed E-state index contributed by atoms with van der Waals surface area (Å²) in [6.07, 6.45) is 1.58. The van der Waals surface area contributed by atoms with Gasteiger partial charge in [0.2, 0.25) is 0 Å². The molecule has 0 bridgehead atoms. The van der Waals surface area contributed by atoms with Crippen LogP contribution >= 0.6 is 0 Å². The van der Waals surface area contributed by atoms with Crippen LogP contribution in [0.25, 0.3) is 0 Å². The van der Waals surface area contributed by atoms with Gasteiger partial charge in [-0.3, -0.25) is 0 Å². The minimum atomic E-state index is -0.547. The Morgan fingerprint density at radius 2 is 2.12 bits per heavy atom. The summed E-state index contributed by atoms with van der Waals surface area (Å²) in [7, 11) is 0. The smallest absolute Gasteiger partial charge is 0.130 e. The van der Waals surface area contributed by atoms with Crippen molar-refractivity contribution in [3.8, 4) is 0 Å². The summed E-state index contributed by atoms with van der Waals surface area (Å²) < 4.78 is 31.9. The van der Waals surface area contributed by atoms with Gasteiger partial charge >= 0.3 is 0 Å². The predicted molar refractivity (Wildman–Crippen MR) is 61.7 cm³/mol. The van der Waals surface area contributed by atoms with E-state index >= 15 is 0 Å². The molecule has 1 aromatic carbocycles. The fourth-order valence-electron chi connectivity index (χ4n) is 2.21. The number of rotatable bonds is 4. The van der Waals surface area contributed by atoms with Gasteiger partial charge in [-0.1, -0.05) is 6.07 Å². The minimum absolute atomic E-state index is 0.0796. The van der Waals surface area contributed by atoms with Crippen molar-refractivity contribution in [1.82, 2.24) is 0 Å². The fraction of sp³-hybridized carbons (Fsp3) is 0.538. The van der Waals surface area contributed by atoms with Gasteiger partial charge in [0, 0.05) is 17.5 Å². The Bertz CT molecular complexity index is 402. The molecule has 1 atom stereocenters. The fourth-order valence-corrected chi connectivity index (χ4v) is 2.21. The topological polar surface area (TPSA) is 35.2 Å². The summed E-state index contributed by atoms with van der Waals surface area (Å²) in [4.78, 5) is 0. The van der Waals surface area contributed by atoms with Crippen molar-refractivity contribution < 1.29 is 13.5 Å². The number of hydrogen-bond acceptors (Lipinski definition) is 2. The Morgan fingerprint density at radius 3 is 2.59 bits per heavy atom. The summed E-state index contributed by atoms with van der Waals surface area (Å²) in [6.45, 7) is 2.90. The Hall–Kier alpha value is -1.00. The SMILES string of the molecule is CC(N)CCC1(c2ccc(F)cc2F)COC1. The van der Waals surface area contributed by atoms with E-state index in [4.69, 9.17) is 10.5 Å². The van der Waals surface area contributed by atoms with Gasteiger partial charge in [-0.2, -0.15) is 0 Å². The number of hydrogen-bond donors (Lipinski definition) is 1. The Labute approximate surface area is 99.8 Å². The monoisotopic (exact) mass is 241 g/mol. The highest BCUT2D eigenvalue weighted by Gasteiger charge is 2.41. The molecule has 0 amide bonds. The second-order valence-electron chi connectivity index (χ2n) is 4.91. The molecule has 1 saturated heterocycles. The molecule has 0 radical (unpaired) electrons. The first-order chi connectivity index (χ1) is 8.03. The zero-order chi connectivity index (χ0) is 12.5. The second kappa shape index (κ2) is 4.70. The van der Waals surface area contributed by atoms with Crippen LogP contribution in [0.3, 0.4) is 0 Å². The van der Waals surface area contributed by atoms with Crippen molar-refractivity contribution in [2.24, 2.45) is 5.73 Å². The van der Waals surface area contributed by atoms with Crippen molar-refractivity contribution in [3.05, 3.63) is 35.4 Å². The molecule has 1 fully saturated rings. The molecule has 1 heterocycles. The molecule has 0 spiro atoms. The van der Waals surface area contributed by atoms with E-state index in [1.54, 1.807) is 0 Å². The molecular formula is C13H17F2NO. The third-order valence-electron chi connectivity index (χ3n) is 3.34. The zero-order valence-electron chi connectivity index (χ0n) is 9.88. The predicted octanol–water partition coefficient (Wildman–Crippen LogP) is 2.36. The molecular weight excluding hydrogens is 224 g/mol.